The SMILES string of the molecule is [2H]C([2H])([2H])OC(=O)NC1CCC(n2c(=O)n(C([2H])([2H])[2H])c3cnc(Nc4ccc5c(C6(C#N)CC6)nn(C6(C(N)=O)CC6C)c5n4)cc32)C1. The van der Waals surface area contributed by atoms with E-state index in [1.54, 1.807) is 12.1 Å². The van der Waals surface area contributed by atoms with Crippen molar-refractivity contribution in [2.45, 2.75) is 68.5 Å². The molecule has 0 aliphatic heterocycles. The van der Waals surface area contributed by atoms with E-state index in [1.807, 2.05) is 6.92 Å². The number of pyridine rings is 2. The van der Waals surface area contributed by atoms with Crippen molar-refractivity contribution in [1.82, 2.24) is 34.2 Å². The van der Waals surface area contributed by atoms with Crippen molar-refractivity contribution in [3.05, 3.63) is 40.6 Å². The number of methoxy groups -OCH3 is 1. The molecule has 4 atom stereocenters. The highest BCUT2D eigenvalue weighted by atomic mass is 16.5. The van der Waals surface area contributed by atoms with E-state index in [9.17, 15) is 19.6 Å². The summed E-state index contributed by atoms with van der Waals surface area (Å²) in [7, 11) is -2.92. The number of alkyl carbamates (subject to hydrolysis) is 1. The number of fused-ring (bicyclic) bond motifs is 2. The maximum atomic E-state index is 13.6. The van der Waals surface area contributed by atoms with E-state index in [4.69, 9.17) is 24.0 Å². The number of hydrogen-bond acceptors (Lipinski definition) is 9. The van der Waals surface area contributed by atoms with Gasteiger partial charge in [-0.15, -0.1) is 0 Å². The first-order chi connectivity index (χ1) is 23.0. The molecule has 3 aliphatic carbocycles. The van der Waals surface area contributed by atoms with Gasteiger partial charge in [-0.1, -0.05) is 6.92 Å². The third kappa shape index (κ3) is 3.98. The Kier molecular flexibility index (Phi) is 4.51. The van der Waals surface area contributed by atoms with Crippen molar-refractivity contribution in [2.24, 2.45) is 18.6 Å². The average molecular weight is 591 g/mol. The number of aromatic nitrogens is 6. The van der Waals surface area contributed by atoms with Crippen LogP contribution in [0.15, 0.2) is 29.2 Å². The van der Waals surface area contributed by atoms with Gasteiger partial charge in [-0.2, -0.15) is 10.4 Å². The molecule has 3 saturated carbocycles. The second kappa shape index (κ2) is 9.29. The quantitative estimate of drug-likeness (QED) is 0.290. The molecule has 7 rings (SSSR count). The van der Waals surface area contributed by atoms with Crippen LogP contribution in [-0.2, 0) is 27.5 Å². The molecular formula is C29H32N10O4. The van der Waals surface area contributed by atoms with Crippen molar-refractivity contribution in [1.29, 1.82) is 5.26 Å². The van der Waals surface area contributed by atoms with Gasteiger partial charge in [-0.25, -0.2) is 24.2 Å². The van der Waals surface area contributed by atoms with Gasteiger partial charge in [0.1, 0.15) is 22.6 Å². The lowest BCUT2D eigenvalue weighted by molar-refractivity contribution is -0.123. The Balaban J connectivity index is 1.25. The highest BCUT2D eigenvalue weighted by molar-refractivity contribution is 5.90. The fraction of sp³-hybridized carbons (Fsp3) is 0.483. The lowest BCUT2D eigenvalue weighted by Gasteiger charge is -2.15. The van der Waals surface area contributed by atoms with E-state index in [0.717, 1.165) is 0 Å². The standard InChI is InChI=1S/C29H32N10O4/c1-15-12-29(15,25(31)40)39-24-18(23(36-39)28(14-30)8-9-28)6-7-21(35-24)34-22-11-19-20(13-32-22)37(2)27(42)38(19)17-5-4-16(10-17)33-26(41)43-3/h6-7,11,13,15-17H,4-5,8-10,12H2,1-3H3,(H2,31,40)(H,33,41)(H,32,34,35)/i2D3,3D3. The van der Waals surface area contributed by atoms with Gasteiger partial charge in [0.2, 0.25) is 5.91 Å². The van der Waals surface area contributed by atoms with Crippen LogP contribution in [0.2, 0.25) is 0 Å². The third-order valence-corrected chi connectivity index (χ3v) is 9.23. The first-order valence-corrected chi connectivity index (χ1v) is 14.0. The number of nitriles is 1. The van der Waals surface area contributed by atoms with Crippen LogP contribution in [0.4, 0.5) is 16.4 Å². The summed E-state index contributed by atoms with van der Waals surface area (Å²) < 4.78 is 53.5. The molecule has 43 heavy (non-hydrogen) atoms. The highest BCUT2D eigenvalue weighted by Gasteiger charge is 2.61. The lowest BCUT2D eigenvalue weighted by Crippen LogP contribution is -2.37. The summed E-state index contributed by atoms with van der Waals surface area (Å²) in [5, 5.41) is 20.9. The minimum atomic E-state index is -2.92. The smallest absolute Gasteiger partial charge is 0.407 e. The fourth-order valence-electron chi connectivity index (χ4n) is 6.56. The molecule has 4 heterocycles. The van der Waals surface area contributed by atoms with E-state index in [1.165, 1.54) is 21.5 Å². The number of nitrogens with zero attached hydrogens (tertiary/aromatic N) is 7. The molecule has 3 fully saturated rings. The predicted octanol–water partition coefficient (Wildman–Crippen LogP) is 2.45. The Morgan fingerprint density at radius 3 is 2.74 bits per heavy atom. The highest BCUT2D eigenvalue weighted by Crippen LogP contribution is 2.54. The maximum absolute atomic E-state index is 13.6. The summed E-state index contributed by atoms with van der Waals surface area (Å²) in [6.07, 6.45) is 2.91. The number of anilines is 2. The van der Waals surface area contributed by atoms with Crippen LogP contribution in [0.3, 0.4) is 0 Å². The first-order valence-electron chi connectivity index (χ1n) is 17.0. The number of nitrogens with one attached hydrogen (secondary N) is 2. The molecule has 0 aromatic carbocycles. The maximum Gasteiger partial charge on any atom is 0.407 e. The summed E-state index contributed by atoms with van der Waals surface area (Å²) in [5.41, 5.74) is 4.50. The van der Waals surface area contributed by atoms with Crippen molar-refractivity contribution in [2.75, 3.05) is 12.4 Å². The summed E-state index contributed by atoms with van der Waals surface area (Å²) in [4.78, 5) is 47.5. The zero-order chi connectivity index (χ0) is 35.3. The number of rotatable bonds is 7. The summed E-state index contributed by atoms with van der Waals surface area (Å²) in [6, 6.07) is 6.28. The minimum absolute atomic E-state index is 0.0669. The summed E-state index contributed by atoms with van der Waals surface area (Å²) in [5.74, 6) is -0.0857. The van der Waals surface area contributed by atoms with Crippen LogP contribution in [-0.4, -0.2) is 54.0 Å². The lowest BCUT2D eigenvalue weighted by atomic mass is 10.0. The number of ether oxygens (including phenoxy) is 1. The van der Waals surface area contributed by atoms with E-state index < -0.39 is 54.7 Å². The van der Waals surface area contributed by atoms with E-state index in [0.29, 0.717) is 59.2 Å². The number of imidazole rings is 1. The third-order valence-electron chi connectivity index (χ3n) is 9.23. The van der Waals surface area contributed by atoms with Crippen molar-refractivity contribution in [3.63, 3.8) is 0 Å². The Labute approximate surface area is 254 Å². The molecule has 3 aliphatic rings. The van der Waals surface area contributed by atoms with Gasteiger partial charge in [0.25, 0.3) is 0 Å². The number of nitrogens with two attached hydrogens (primary N) is 1. The van der Waals surface area contributed by atoms with Crippen LogP contribution in [0.1, 0.15) is 65.4 Å². The molecule has 4 aromatic rings. The van der Waals surface area contributed by atoms with Crippen LogP contribution in [0.5, 0.6) is 0 Å². The van der Waals surface area contributed by atoms with E-state index in [-0.39, 0.29) is 29.2 Å². The van der Waals surface area contributed by atoms with E-state index >= 15 is 0 Å². The number of amides is 2. The molecule has 0 saturated heterocycles. The second-order valence-electron chi connectivity index (χ2n) is 11.8. The molecule has 4 N–H and O–H groups in total. The van der Waals surface area contributed by atoms with Gasteiger partial charge in [-0.3, -0.25) is 13.9 Å². The van der Waals surface area contributed by atoms with Crippen LogP contribution >= 0.6 is 0 Å². The molecule has 0 bridgehead atoms. The molecule has 4 unspecified atom stereocenters. The molecule has 0 radical (unpaired) electrons. The van der Waals surface area contributed by atoms with Crippen molar-refractivity contribution < 1.29 is 22.6 Å². The van der Waals surface area contributed by atoms with Gasteiger partial charge >= 0.3 is 11.8 Å². The fourth-order valence-corrected chi connectivity index (χ4v) is 6.56. The topological polar surface area (TPSA) is 188 Å². The van der Waals surface area contributed by atoms with Gasteiger partial charge in [0.15, 0.2) is 5.65 Å². The largest absolute Gasteiger partial charge is 0.453 e. The van der Waals surface area contributed by atoms with Crippen LogP contribution in [0.25, 0.3) is 22.1 Å². The summed E-state index contributed by atoms with van der Waals surface area (Å²) >= 11 is 0. The Morgan fingerprint density at radius 2 is 2.07 bits per heavy atom. The molecular weight excluding hydrogens is 552 g/mol. The minimum Gasteiger partial charge on any atom is -0.453 e. The first kappa shape index (κ1) is 20.9. The molecule has 4 aromatic heterocycles. The van der Waals surface area contributed by atoms with Crippen molar-refractivity contribution in [3.8, 4) is 6.07 Å². The molecule has 0 spiro atoms. The number of carbonyl (C=O) groups is 2. The monoisotopic (exact) mass is 590 g/mol. The van der Waals surface area contributed by atoms with E-state index in [2.05, 4.69) is 26.4 Å². The van der Waals surface area contributed by atoms with Gasteiger partial charge < -0.3 is 21.1 Å². The second-order valence-corrected chi connectivity index (χ2v) is 11.8. The van der Waals surface area contributed by atoms with Crippen LogP contribution in [0, 0.1) is 17.2 Å². The molecule has 14 nitrogen and oxygen atoms in total. The van der Waals surface area contributed by atoms with Gasteiger partial charge in [0, 0.05) is 34.6 Å². The Hall–Kier alpha value is -4.93. The van der Waals surface area contributed by atoms with Gasteiger partial charge in [0.05, 0.1) is 40.1 Å². The Bertz CT molecular complexity index is 2140. The molecule has 2 amide bonds. The van der Waals surface area contributed by atoms with Crippen LogP contribution < -0.4 is 22.1 Å². The number of aryl methyl sites for hydroxylation is 1. The number of carbonyl (C=O) groups excluding carboxylic acids is 2. The molecule has 222 valence electrons. The average Bonchev–Trinajstić information content (AvgIpc) is 3.78. The summed E-state index contributed by atoms with van der Waals surface area (Å²) in [6.45, 7) is -0.925. The zero-order valence-electron chi connectivity index (χ0n) is 29.1. The molecule has 14 heteroatoms. The Morgan fingerprint density at radius 1 is 1.26 bits per heavy atom. The zero-order valence-corrected chi connectivity index (χ0v) is 23.1. The van der Waals surface area contributed by atoms with Gasteiger partial charge in [-0.05, 0) is 56.6 Å². The number of hydrogen-bond donors (Lipinski definition) is 3. The van der Waals surface area contributed by atoms with Crippen molar-refractivity contribution >= 4 is 45.7 Å². The normalized spacial score (nSPS) is 28.0. The number of primary amides is 1. The predicted molar refractivity (Wildman–Crippen MR) is 155 cm³/mol.